The van der Waals surface area contributed by atoms with Crippen LogP contribution in [0.15, 0.2) is 36.4 Å². The molecule has 1 unspecified atom stereocenters. The molecule has 110 valence electrons. The fourth-order valence-electron chi connectivity index (χ4n) is 3.50. The summed E-state index contributed by atoms with van der Waals surface area (Å²) >= 11 is 0. The van der Waals surface area contributed by atoms with Crippen LogP contribution in [0.2, 0.25) is 0 Å². The Kier molecular flexibility index (Phi) is 3.50. The average Bonchev–Trinajstić information content (AvgIpc) is 2.50. The van der Waals surface area contributed by atoms with Crippen LogP contribution in [0.1, 0.15) is 40.7 Å². The molecular formula is C19H23NO. The van der Waals surface area contributed by atoms with Crippen LogP contribution in [0, 0.1) is 13.8 Å². The lowest BCUT2D eigenvalue weighted by atomic mass is 9.71. The van der Waals surface area contributed by atoms with E-state index in [1.165, 1.54) is 27.8 Å². The lowest BCUT2D eigenvalue weighted by Crippen LogP contribution is -2.41. The molecule has 0 saturated heterocycles. The summed E-state index contributed by atoms with van der Waals surface area (Å²) in [5, 5.41) is 0. The molecule has 21 heavy (non-hydrogen) atoms. The third-order valence-corrected chi connectivity index (χ3v) is 4.69. The van der Waals surface area contributed by atoms with E-state index in [-0.39, 0.29) is 0 Å². The summed E-state index contributed by atoms with van der Waals surface area (Å²) in [6.07, 6.45) is 3.21. The molecule has 2 nitrogen and oxygen atoms in total. The minimum Gasteiger partial charge on any atom is -0.497 e. The van der Waals surface area contributed by atoms with Gasteiger partial charge in [0.2, 0.25) is 0 Å². The van der Waals surface area contributed by atoms with Crippen LogP contribution in [-0.2, 0) is 12.0 Å². The van der Waals surface area contributed by atoms with Crippen molar-refractivity contribution in [3.05, 3.63) is 64.2 Å². The largest absolute Gasteiger partial charge is 0.497 e. The zero-order valence-corrected chi connectivity index (χ0v) is 13.1. The second-order valence-corrected chi connectivity index (χ2v) is 6.17. The van der Waals surface area contributed by atoms with Crippen LogP contribution < -0.4 is 10.5 Å². The molecule has 0 aliphatic heterocycles. The SMILES string of the molecule is COc1ccc2c(c1)C(N)(c1cc(C)ccc1C)CCC2. The maximum atomic E-state index is 6.93. The van der Waals surface area contributed by atoms with Gasteiger partial charge in [0, 0.05) is 0 Å². The molecule has 2 heteroatoms. The number of ether oxygens (including phenoxy) is 1. The maximum absolute atomic E-state index is 6.93. The summed E-state index contributed by atoms with van der Waals surface area (Å²) in [5.41, 5.74) is 12.9. The van der Waals surface area contributed by atoms with E-state index in [4.69, 9.17) is 10.5 Å². The summed E-state index contributed by atoms with van der Waals surface area (Å²) in [5.74, 6) is 0.885. The molecule has 0 amide bonds. The first-order valence-electron chi connectivity index (χ1n) is 7.58. The van der Waals surface area contributed by atoms with Crippen LogP contribution in [-0.4, -0.2) is 7.11 Å². The first-order chi connectivity index (χ1) is 10.0. The maximum Gasteiger partial charge on any atom is 0.119 e. The highest BCUT2D eigenvalue weighted by Crippen LogP contribution is 2.41. The van der Waals surface area contributed by atoms with Crippen molar-refractivity contribution in [3.63, 3.8) is 0 Å². The molecular weight excluding hydrogens is 258 g/mol. The minimum atomic E-state index is -0.405. The van der Waals surface area contributed by atoms with E-state index in [1.54, 1.807) is 7.11 Å². The Balaban J connectivity index is 2.21. The van der Waals surface area contributed by atoms with Crippen molar-refractivity contribution in [2.75, 3.05) is 7.11 Å². The topological polar surface area (TPSA) is 35.2 Å². The summed E-state index contributed by atoms with van der Waals surface area (Å²) in [7, 11) is 1.71. The molecule has 0 spiro atoms. The summed E-state index contributed by atoms with van der Waals surface area (Å²) < 4.78 is 5.41. The van der Waals surface area contributed by atoms with Crippen LogP contribution in [0.4, 0.5) is 0 Å². The number of benzene rings is 2. The number of fused-ring (bicyclic) bond motifs is 1. The highest BCUT2D eigenvalue weighted by Gasteiger charge is 2.35. The highest BCUT2D eigenvalue weighted by molar-refractivity contribution is 5.50. The van der Waals surface area contributed by atoms with Crippen LogP contribution in [0.5, 0.6) is 5.75 Å². The molecule has 2 aromatic rings. The fourth-order valence-corrected chi connectivity index (χ4v) is 3.50. The number of rotatable bonds is 2. The molecule has 0 bridgehead atoms. The van der Waals surface area contributed by atoms with Gasteiger partial charge >= 0.3 is 0 Å². The van der Waals surface area contributed by atoms with Crippen molar-refractivity contribution in [1.82, 2.24) is 0 Å². The van der Waals surface area contributed by atoms with E-state index in [0.717, 1.165) is 25.0 Å². The standard InChI is InChI=1S/C19H23NO/c1-13-6-7-14(2)17(11-13)19(20)10-4-5-15-8-9-16(21-3)12-18(15)19/h6-9,11-12H,4-5,10,20H2,1-3H3. The van der Waals surface area contributed by atoms with Gasteiger partial charge in [-0.05, 0) is 67.5 Å². The smallest absolute Gasteiger partial charge is 0.119 e. The molecule has 1 aliphatic carbocycles. The highest BCUT2D eigenvalue weighted by atomic mass is 16.5. The van der Waals surface area contributed by atoms with Crippen LogP contribution in [0.25, 0.3) is 0 Å². The van der Waals surface area contributed by atoms with Gasteiger partial charge in [-0.1, -0.05) is 29.8 Å². The molecule has 2 aromatic carbocycles. The van der Waals surface area contributed by atoms with Gasteiger partial charge < -0.3 is 10.5 Å². The Morgan fingerprint density at radius 2 is 1.86 bits per heavy atom. The number of methoxy groups -OCH3 is 1. The van der Waals surface area contributed by atoms with Crippen molar-refractivity contribution in [1.29, 1.82) is 0 Å². The molecule has 1 atom stereocenters. The van der Waals surface area contributed by atoms with Gasteiger partial charge in [-0.2, -0.15) is 0 Å². The van der Waals surface area contributed by atoms with E-state index < -0.39 is 5.54 Å². The van der Waals surface area contributed by atoms with Gasteiger partial charge in [0.05, 0.1) is 12.6 Å². The monoisotopic (exact) mass is 281 g/mol. The van der Waals surface area contributed by atoms with E-state index in [2.05, 4.69) is 44.2 Å². The molecule has 0 aromatic heterocycles. The zero-order valence-electron chi connectivity index (χ0n) is 13.1. The first kappa shape index (κ1) is 14.2. The molecule has 0 heterocycles. The molecule has 0 radical (unpaired) electrons. The Morgan fingerprint density at radius 3 is 2.62 bits per heavy atom. The van der Waals surface area contributed by atoms with Crippen molar-refractivity contribution in [3.8, 4) is 5.75 Å². The number of nitrogens with two attached hydrogens (primary N) is 1. The lowest BCUT2D eigenvalue weighted by molar-refractivity contribution is 0.404. The van der Waals surface area contributed by atoms with Crippen LogP contribution >= 0.6 is 0 Å². The second kappa shape index (κ2) is 5.19. The molecule has 3 rings (SSSR count). The van der Waals surface area contributed by atoms with Gasteiger partial charge in [-0.25, -0.2) is 0 Å². The molecule has 2 N–H and O–H groups in total. The van der Waals surface area contributed by atoms with Gasteiger partial charge in [-0.15, -0.1) is 0 Å². The van der Waals surface area contributed by atoms with E-state index in [1.807, 2.05) is 6.07 Å². The minimum absolute atomic E-state index is 0.405. The van der Waals surface area contributed by atoms with Gasteiger partial charge in [0.1, 0.15) is 5.75 Å². The van der Waals surface area contributed by atoms with Gasteiger partial charge in [-0.3, -0.25) is 0 Å². The number of hydrogen-bond donors (Lipinski definition) is 1. The quantitative estimate of drug-likeness (QED) is 0.907. The van der Waals surface area contributed by atoms with Gasteiger partial charge in [0.25, 0.3) is 0 Å². The number of aryl methyl sites for hydroxylation is 3. The molecule has 0 fully saturated rings. The zero-order chi connectivity index (χ0) is 15.0. The van der Waals surface area contributed by atoms with Crippen LogP contribution in [0.3, 0.4) is 0 Å². The van der Waals surface area contributed by atoms with E-state index in [9.17, 15) is 0 Å². The third kappa shape index (κ3) is 2.34. The molecule has 1 aliphatic rings. The van der Waals surface area contributed by atoms with Crippen molar-refractivity contribution < 1.29 is 4.74 Å². The normalized spacial score (nSPS) is 21.0. The fraction of sp³-hybridized carbons (Fsp3) is 0.368. The predicted octanol–water partition coefficient (Wildman–Crippen LogP) is 3.85. The summed E-state index contributed by atoms with van der Waals surface area (Å²) in [4.78, 5) is 0. The Bertz CT molecular complexity index is 677. The van der Waals surface area contributed by atoms with Crippen molar-refractivity contribution in [2.24, 2.45) is 5.73 Å². The Hall–Kier alpha value is -1.80. The summed E-state index contributed by atoms with van der Waals surface area (Å²) in [6.45, 7) is 4.28. The average molecular weight is 281 g/mol. The lowest BCUT2D eigenvalue weighted by Gasteiger charge is -2.37. The third-order valence-electron chi connectivity index (χ3n) is 4.69. The van der Waals surface area contributed by atoms with Crippen molar-refractivity contribution in [2.45, 2.75) is 38.6 Å². The Morgan fingerprint density at radius 1 is 1.05 bits per heavy atom. The van der Waals surface area contributed by atoms with E-state index in [0.29, 0.717) is 0 Å². The van der Waals surface area contributed by atoms with E-state index >= 15 is 0 Å². The van der Waals surface area contributed by atoms with Crippen molar-refractivity contribution >= 4 is 0 Å². The first-order valence-corrected chi connectivity index (χ1v) is 7.58. The molecule has 0 saturated carbocycles. The van der Waals surface area contributed by atoms with Gasteiger partial charge in [0.15, 0.2) is 0 Å². The Labute approximate surface area is 126 Å². The summed E-state index contributed by atoms with van der Waals surface area (Å²) in [6, 6.07) is 12.9. The second-order valence-electron chi connectivity index (χ2n) is 6.17. The number of hydrogen-bond acceptors (Lipinski definition) is 2. The predicted molar refractivity (Wildman–Crippen MR) is 86.8 cm³/mol.